The van der Waals surface area contributed by atoms with E-state index >= 15 is 0 Å². The monoisotopic (exact) mass is 217 g/mol. The summed E-state index contributed by atoms with van der Waals surface area (Å²) in [6, 6.07) is -0.949. The van der Waals surface area contributed by atoms with Crippen LogP contribution in [-0.2, 0) is 14.3 Å². The van der Waals surface area contributed by atoms with Gasteiger partial charge in [0.25, 0.3) is 0 Å². The molecule has 0 aliphatic carbocycles. The maximum atomic E-state index is 11.3. The number of aliphatic hydroxyl groups is 1. The van der Waals surface area contributed by atoms with Crippen molar-refractivity contribution in [2.45, 2.75) is 32.7 Å². The summed E-state index contributed by atoms with van der Waals surface area (Å²) in [5.41, 5.74) is 0. The fraction of sp³-hybridized carbons (Fsp3) is 0.800. The van der Waals surface area contributed by atoms with Crippen LogP contribution in [0.3, 0.4) is 0 Å². The third-order valence-electron chi connectivity index (χ3n) is 1.95. The van der Waals surface area contributed by atoms with Crippen molar-refractivity contribution in [1.29, 1.82) is 0 Å². The number of nitrogens with one attached hydrogen (secondary N) is 1. The van der Waals surface area contributed by atoms with Crippen LogP contribution in [0.5, 0.6) is 0 Å². The van der Waals surface area contributed by atoms with Crippen molar-refractivity contribution in [3.05, 3.63) is 0 Å². The molecule has 0 aromatic heterocycles. The van der Waals surface area contributed by atoms with E-state index in [-0.39, 0.29) is 5.91 Å². The third kappa shape index (κ3) is 6.06. The molecule has 5 heteroatoms. The van der Waals surface area contributed by atoms with Crippen molar-refractivity contribution >= 4 is 11.9 Å². The van der Waals surface area contributed by atoms with Gasteiger partial charge in [0.2, 0.25) is 5.91 Å². The minimum atomic E-state index is -0.949. The van der Waals surface area contributed by atoms with Crippen molar-refractivity contribution in [3.63, 3.8) is 0 Å². The summed E-state index contributed by atoms with van der Waals surface area (Å²) in [4.78, 5) is 22.3. The standard InChI is InChI=1S/C10H19NO4/c1-7(2)4-5-9(13)11-8(6-12)10(14)15-3/h7-8,12H,4-6H2,1-3H3,(H,11,13). The number of aliphatic hydroxyl groups excluding tert-OH is 1. The molecule has 0 rings (SSSR count). The number of methoxy groups -OCH3 is 1. The lowest BCUT2D eigenvalue weighted by Crippen LogP contribution is -2.44. The summed E-state index contributed by atoms with van der Waals surface area (Å²) in [5, 5.41) is 11.2. The zero-order chi connectivity index (χ0) is 11.8. The maximum absolute atomic E-state index is 11.3. The van der Waals surface area contributed by atoms with Crippen LogP contribution in [0.1, 0.15) is 26.7 Å². The molecule has 15 heavy (non-hydrogen) atoms. The molecule has 0 aromatic carbocycles. The predicted molar refractivity (Wildman–Crippen MR) is 55.1 cm³/mol. The van der Waals surface area contributed by atoms with Gasteiger partial charge >= 0.3 is 5.97 Å². The largest absolute Gasteiger partial charge is 0.467 e. The second-order valence-electron chi connectivity index (χ2n) is 3.76. The number of esters is 1. The van der Waals surface area contributed by atoms with Gasteiger partial charge in [0, 0.05) is 6.42 Å². The number of hydrogen-bond donors (Lipinski definition) is 2. The van der Waals surface area contributed by atoms with Gasteiger partial charge < -0.3 is 15.2 Å². The SMILES string of the molecule is COC(=O)C(CO)NC(=O)CCC(C)C. The Balaban J connectivity index is 3.96. The zero-order valence-electron chi connectivity index (χ0n) is 9.45. The van der Waals surface area contributed by atoms with Crippen LogP contribution in [0.2, 0.25) is 0 Å². The average molecular weight is 217 g/mol. The highest BCUT2D eigenvalue weighted by molar-refractivity contribution is 5.84. The first-order valence-corrected chi connectivity index (χ1v) is 4.99. The van der Waals surface area contributed by atoms with Gasteiger partial charge in [0.1, 0.15) is 0 Å². The highest BCUT2D eigenvalue weighted by Crippen LogP contribution is 2.03. The molecule has 5 nitrogen and oxygen atoms in total. The van der Waals surface area contributed by atoms with E-state index in [9.17, 15) is 9.59 Å². The van der Waals surface area contributed by atoms with Gasteiger partial charge in [-0.15, -0.1) is 0 Å². The van der Waals surface area contributed by atoms with Crippen molar-refractivity contribution < 1.29 is 19.4 Å². The molecule has 2 N–H and O–H groups in total. The molecule has 88 valence electrons. The fourth-order valence-corrected chi connectivity index (χ4v) is 1.01. The summed E-state index contributed by atoms with van der Waals surface area (Å²) in [6.07, 6.45) is 1.11. The van der Waals surface area contributed by atoms with Gasteiger partial charge in [-0.3, -0.25) is 4.79 Å². The Morgan fingerprint density at radius 3 is 2.40 bits per heavy atom. The summed E-state index contributed by atoms with van der Waals surface area (Å²) in [5.74, 6) is -0.440. The van der Waals surface area contributed by atoms with E-state index in [0.717, 1.165) is 6.42 Å². The minimum absolute atomic E-state index is 0.242. The summed E-state index contributed by atoms with van der Waals surface area (Å²) < 4.78 is 4.42. The van der Waals surface area contributed by atoms with Crippen LogP contribution in [0.4, 0.5) is 0 Å². The Kier molecular flexibility index (Phi) is 6.70. The number of ether oxygens (including phenoxy) is 1. The first-order chi connectivity index (χ1) is 7.01. The minimum Gasteiger partial charge on any atom is -0.467 e. The fourth-order valence-electron chi connectivity index (χ4n) is 1.01. The molecular weight excluding hydrogens is 198 g/mol. The molecule has 0 fully saturated rings. The van der Waals surface area contributed by atoms with Crippen LogP contribution in [-0.4, -0.2) is 36.7 Å². The molecule has 0 radical (unpaired) electrons. The van der Waals surface area contributed by atoms with Gasteiger partial charge in [0.15, 0.2) is 6.04 Å². The quantitative estimate of drug-likeness (QED) is 0.617. The highest BCUT2D eigenvalue weighted by Gasteiger charge is 2.19. The van der Waals surface area contributed by atoms with Crippen LogP contribution >= 0.6 is 0 Å². The number of carbonyl (C=O) groups is 2. The normalized spacial score (nSPS) is 12.3. The van der Waals surface area contributed by atoms with Crippen LogP contribution in [0.15, 0.2) is 0 Å². The zero-order valence-corrected chi connectivity index (χ0v) is 9.45. The number of hydrogen-bond acceptors (Lipinski definition) is 4. The van der Waals surface area contributed by atoms with Crippen LogP contribution < -0.4 is 5.32 Å². The average Bonchev–Trinajstić information content (AvgIpc) is 2.21. The third-order valence-corrected chi connectivity index (χ3v) is 1.95. The van der Waals surface area contributed by atoms with Gasteiger partial charge in [-0.1, -0.05) is 13.8 Å². The van der Waals surface area contributed by atoms with E-state index in [2.05, 4.69) is 10.1 Å². The van der Waals surface area contributed by atoms with E-state index in [4.69, 9.17) is 5.11 Å². The summed E-state index contributed by atoms with van der Waals surface area (Å²) in [6.45, 7) is 3.58. The lowest BCUT2D eigenvalue weighted by molar-refractivity contribution is -0.146. The van der Waals surface area contributed by atoms with Crippen LogP contribution in [0.25, 0.3) is 0 Å². The topological polar surface area (TPSA) is 75.6 Å². The van der Waals surface area contributed by atoms with E-state index in [0.29, 0.717) is 12.3 Å². The van der Waals surface area contributed by atoms with Crippen molar-refractivity contribution in [3.8, 4) is 0 Å². The number of carbonyl (C=O) groups excluding carboxylic acids is 2. The van der Waals surface area contributed by atoms with E-state index < -0.39 is 18.6 Å². The summed E-state index contributed by atoms with van der Waals surface area (Å²) >= 11 is 0. The Bertz CT molecular complexity index is 215. The molecule has 0 saturated carbocycles. The van der Waals surface area contributed by atoms with Gasteiger partial charge in [-0.2, -0.15) is 0 Å². The first kappa shape index (κ1) is 13.9. The molecule has 1 atom stereocenters. The highest BCUT2D eigenvalue weighted by atomic mass is 16.5. The number of amides is 1. The molecule has 0 spiro atoms. The van der Waals surface area contributed by atoms with Crippen molar-refractivity contribution in [2.75, 3.05) is 13.7 Å². The maximum Gasteiger partial charge on any atom is 0.330 e. The van der Waals surface area contributed by atoms with Crippen molar-refractivity contribution in [2.24, 2.45) is 5.92 Å². The molecule has 0 aliphatic rings. The second kappa shape index (κ2) is 7.23. The van der Waals surface area contributed by atoms with Gasteiger partial charge in [-0.05, 0) is 12.3 Å². The molecule has 0 aromatic rings. The Hall–Kier alpha value is -1.10. The Morgan fingerprint density at radius 2 is 2.00 bits per heavy atom. The van der Waals surface area contributed by atoms with Gasteiger partial charge in [0.05, 0.1) is 13.7 Å². The molecule has 0 aliphatic heterocycles. The molecule has 0 heterocycles. The first-order valence-electron chi connectivity index (χ1n) is 4.99. The molecular formula is C10H19NO4. The lowest BCUT2D eigenvalue weighted by atomic mass is 10.1. The lowest BCUT2D eigenvalue weighted by Gasteiger charge is -2.14. The molecule has 1 unspecified atom stereocenters. The van der Waals surface area contributed by atoms with Crippen LogP contribution in [0, 0.1) is 5.92 Å². The molecule has 0 saturated heterocycles. The van der Waals surface area contributed by atoms with E-state index in [1.165, 1.54) is 7.11 Å². The van der Waals surface area contributed by atoms with E-state index in [1.807, 2.05) is 13.8 Å². The smallest absolute Gasteiger partial charge is 0.330 e. The Morgan fingerprint density at radius 1 is 1.40 bits per heavy atom. The van der Waals surface area contributed by atoms with Crippen molar-refractivity contribution in [1.82, 2.24) is 5.32 Å². The number of rotatable bonds is 6. The molecule has 0 bridgehead atoms. The Labute approximate surface area is 89.8 Å². The second-order valence-corrected chi connectivity index (χ2v) is 3.76. The predicted octanol–water partition coefficient (Wildman–Crippen LogP) is 0.0727. The summed E-state index contributed by atoms with van der Waals surface area (Å²) in [7, 11) is 1.21. The van der Waals surface area contributed by atoms with E-state index in [1.54, 1.807) is 0 Å². The van der Waals surface area contributed by atoms with Gasteiger partial charge in [-0.25, -0.2) is 4.79 Å². The molecule has 1 amide bonds.